The molecule has 1 aromatic rings. The van der Waals surface area contributed by atoms with Gasteiger partial charge in [-0.15, -0.1) is 0 Å². The largest absolute Gasteiger partial charge is 0.352 e. The summed E-state index contributed by atoms with van der Waals surface area (Å²) in [6.45, 7) is 6.30. The quantitative estimate of drug-likeness (QED) is 0.889. The lowest BCUT2D eigenvalue weighted by Crippen LogP contribution is -2.52. The van der Waals surface area contributed by atoms with Crippen molar-refractivity contribution < 1.29 is 4.39 Å². The Balaban J connectivity index is 1.97. The van der Waals surface area contributed by atoms with Crippen molar-refractivity contribution >= 4 is 21.7 Å². The Morgan fingerprint density at radius 2 is 2.10 bits per heavy atom. The van der Waals surface area contributed by atoms with Crippen LogP contribution in [0.25, 0.3) is 0 Å². The fourth-order valence-corrected chi connectivity index (χ4v) is 3.02. The van der Waals surface area contributed by atoms with Crippen LogP contribution in [0.15, 0.2) is 16.7 Å². The van der Waals surface area contributed by atoms with Gasteiger partial charge in [-0.2, -0.15) is 0 Å². The van der Waals surface area contributed by atoms with Crippen LogP contribution in [0.1, 0.15) is 19.8 Å². The molecule has 0 aliphatic carbocycles. The van der Waals surface area contributed by atoms with Crippen molar-refractivity contribution in [3.63, 3.8) is 0 Å². The predicted octanol–water partition coefficient (Wildman–Crippen LogP) is 2.23. The Labute approximate surface area is 128 Å². The number of nitrogens with zero attached hydrogens (tertiary/aromatic N) is 3. The molecule has 1 saturated heterocycles. The SMILES string of the molecule is CCCC(CN)N1CCN(c2ncc(Br)cc2F)CC1. The number of hydrogen-bond donors (Lipinski definition) is 1. The first-order valence-corrected chi connectivity index (χ1v) is 7.95. The maximum absolute atomic E-state index is 13.9. The van der Waals surface area contributed by atoms with Gasteiger partial charge in [0.1, 0.15) is 0 Å². The first-order chi connectivity index (χ1) is 9.65. The van der Waals surface area contributed by atoms with Gasteiger partial charge in [0.2, 0.25) is 0 Å². The van der Waals surface area contributed by atoms with Gasteiger partial charge in [0.15, 0.2) is 11.6 Å². The lowest BCUT2D eigenvalue weighted by molar-refractivity contribution is 0.179. The molecule has 0 saturated carbocycles. The first kappa shape index (κ1) is 15.7. The zero-order chi connectivity index (χ0) is 14.5. The zero-order valence-corrected chi connectivity index (χ0v) is 13.4. The average molecular weight is 345 g/mol. The highest BCUT2D eigenvalue weighted by Gasteiger charge is 2.24. The van der Waals surface area contributed by atoms with Crippen molar-refractivity contribution in [1.82, 2.24) is 9.88 Å². The van der Waals surface area contributed by atoms with Crippen LogP contribution in [0, 0.1) is 5.82 Å². The normalized spacial score (nSPS) is 18.3. The van der Waals surface area contributed by atoms with Gasteiger partial charge in [-0.05, 0) is 28.4 Å². The van der Waals surface area contributed by atoms with Crippen molar-refractivity contribution in [2.24, 2.45) is 5.73 Å². The summed E-state index contributed by atoms with van der Waals surface area (Å²) >= 11 is 3.23. The zero-order valence-electron chi connectivity index (χ0n) is 11.9. The van der Waals surface area contributed by atoms with E-state index >= 15 is 0 Å². The molecule has 0 bridgehead atoms. The van der Waals surface area contributed by atoms with Crippen molar-refractivity contribution in [2.45, 2.75) is 25.8 Å². The van der Waals surface area contributed by atoms with Gasteiger partial charge < -0.3 is 10.6 Å². The van der Waals surface area contributed by atoms with E-state index < -0.39 is 0 Å². The minimum Gasteiger partial charge on any atom is -0.352 e. The van der Waals surface area contributed by atoms with Crippen LogP contribution in [-0.4, -0.2) is 48.6 Å². The van der Waals surface area contributed by atoms with Crippen molar-refractivity contribution in [1.29, 1.82) is 0 Å². The molecule has 1 aromatic heterocycles. The lowest BCUT2D eigenvalue weighted by Gasteiger charge is -2.39. The van der Waals surface area contributed by atoms with E-state index in [1.165, 1.54) is 6.07 Å². The summed E-state index contributed by atoms with van der Waals surface area (Å²) in [7, 11) is 0. The fourth-order valence-electron chi connectivity index (χ4n) is 2.72. The van der Waals surface area contributed by atoms with E-state index in [4.69, 9.17) is 5.73 Å². The van der Waals surface area contributed by atoms with Crippen LogP contribution in [0.2, 0.25) is 0 Å². The van der Waals surface area contributed by atoms with Gasteiger partial charge in [-0.3, -0.25) is 4.90 Å². The maximum Gasteiger partial charge on any atom is 0.166 e. The topological polar surface area (TPSA) is 45.4 Å². The molecule has 1 aliphatic heterocycles. The Kier molecular flexibility index (Phi) is 5.74. The van der Waals surface area contributed by atoms with Crippen LogP contribution < -0.4 is 10.6 Å². The highest BCUT2D eigenvalue weighted by molar-refractivity contribution is 9.10. The van der Waals surface area contributed by atoms with Gasteiger partial charge in [-0.25, -0.2) is 9.37 Å². The van der Waals surface area contributed by atoms with E-state index in [2.05, 4.69) is 32.7 Å². The van der Waals surface area contributed by atoms with Crippen LogP contribution in [0.4, 0.5) is 10.2 Å². The average Bonchev–Trinajstić information content (AvgIpc) is 2.45. The standard InChI is InChI=1S/C14H22BrFN4/c1-2-3-12(9-17)19-4-6-20(7-5-19)14-13(16)8-11(15)10-18-14/h8,10,12H,2-7,9,17H2,1H3. The van der Waals surface area contributed by atoms with Crippen LogP contribution in [0.5, 0.6) is 0 Å². The molecule has 6 heteroatoms. The Hall–Kier alpha value is -0.720. The number of nitrogens with two attached hydrogens (primary N) is 1. The van der Waals surface area contributed by atoms with Gasteiger partial charge >= 0.3 is 0 Å². The molecule has 2 rings (SSSR count). The number of aromatic nitrogens is 1. The van der Waals surface area contributed by atoms with Gasteiger partial charge in [-0.1, -0.05) is 13.3 Å². The summed E-state index contributed by atoms with van der Waals surface area (Å²) in [6.07, 6.45) is 3.91. The third kappa shape index (κ3) is 3.68. The summed E-state index contributed by atoms with van der Waals surface area (Å²) in [4.78, 5) is 8.61. The molecule has 112 valence electrons. The second-order valence-corrected chi connectivity index (χ2v) is 6.08. The number of anilines is 1. The van der Waals surface area contributed by atoms with Crippen LogP contribution >= 0.6 is 15.9 Å². The molecule has 1 atom stereocenters. The number of halogens is 2. The van der Waals surface area contributed by atoms with E-state index in [0.29, 0.717) is 22.9 Å². The monoisotopic (exact) mass is 344 g/mol. The number of piperazine rings is 1. The third-order valence-electron chi connectivity index (χ3n) is 3.81. The number of hydrogen-bond acceptors (Lipinski definition) is 4. The molecular weight excluding hydrogens is 323 g/mol. The third-order valence-corrected chi connectivity index (χ3v) is 4.25. The predicted molar refractivity (Wildman–Crippen MR) is 83.4 cm³/mol. The van der Waals surface area contributed by atoms with Crippen LogP contribution in [0.3, 0.4) is 0 Å². The number of rotatable bonds is 5. The van der Waals surface area contributed by atoms with Gasteiger partial charge in [0, 0.05) is 49.4 Å². The van der Waals surface area contributed by atoms with E-state index in [0.717, 1.165) is 39.0 Å². The van der Waals surface area contributed by atoms with Gasteiger partial charge in [0.05, 0.1) is 0 Å². The molecule has 2 N–H and O–H groups in total. The minimum atomic E-state index is -0.267. The van der Waals surface area contributed by atoms with E-state index in [9.17, 15) is 4.39 Å². The molecule has 4 nitrogen and oxygen atoms in total. The van der Waals surface area contributed by atoms with E-state index in [1.807, 2.05) is 4.90 Å². The second-order valence-electron chi connectivity index (χ2n) is 5.16. The maximum atomic E-state index is 13.9. The molecular formula is C14H22BrFN4. The summed E-state index contributed by atoms with van der Waals surface area (Å²) in [6, 6.07) is 1.92. The molecule has 2 heterocycles. The summed E-state index contributed by atoms with van der Waals surface area (Å²) in [5, 5.41) is 0. The Bertz CT molecular complexity index is 435. The van der Waals surface area contributed by atoms with Gasteiger partial charge in [0.25, 0.3) is 0 Å². The summed E-state index contributed by atoms with van der Waals surface area (Å²) in [5.74, 6) is 0.185. The molecule has 1 aliphatic rings. The highest BCUT2D eigenvalue weighted by atomic mass is 79.9. The molecule has 0 radical (unpaired) electrons. The Morgan fingerprint density at radius 3 is 2.65 bits per heavy atom. The highest BCUT2D eigenvalue weighted by Crippen LogP contribution is 2.22. The lowest BCUT2D eigenvalue weighted by atomic mass is 10.1. The molecule has 1 fully saturated rings. The molecule has 1 unspecified atom stereocenters. The van der Waals surface area contributed by atoms with Crippen molar-refractivity contribution in [3.8, 4) is 0 Å². The Morgan fingerprint density at radius 1 is 1.40 bits per heavy atom. The minimum absolute atomic E-state index is 0.267. The summed E-state index contributed by atoms with van der Waals surface area (Å²) in [5.41, 5.74) is 5.84. The molecule has 0 amide bonds. The van der Waals surface area contributed by atoms with Crippen molar-refractivity contribution in [2.75, 3.05) is 37.6 Å². The van der Waals surface area contributed by atoms with E-state index in [-0.39, 0.29) is 5.82 Å². The molecule has 20 heavy (non-hydrogen) atoms. The summed E-state index contributed by atoms with van der Waals surface area (Å²) < 4.78 is 14.6. The second kappa shape index (κ2) is 7.33. The first-order valence-electron chi connectivity index (χ1n) is 7.15. The number of pyridine rings is 1. The molecule has 0 aromatic carbocycles. The fraction of sp³-hybridized carbons (Fsp3) is 0.643. The van der Waals surface area contributed by atoms with Crippen molar-refractivity contribution in [3.05, 3.63) is 22.6 Å². The van der Waals surface area contributed by atoms with Crippen LogP contribution in [-0.2, 0) is 0 Å². The smallest absolute Gasteiger partial charge is 0.166 e. The molecule has 0 spiro atoms. The van der Waals surface area contributed by atoms with E-state index in [1.54, 1.807) is 6.20 Å².